The fourth-order valence-electron chi connectivity index (χ4n) is 2.06. The maximum absolute atomic E-state index is 11.8. The monoisotopic (exact) mass is 236 g/mol. The molecule has 92 valence electrons. The first-order valence-corrected chi connectivity index (χ1v) is 5.45. The zero-order chi connectivity index (χ0) is 12.4. The third-order valence-electron chi connectivity index (χ3n) is 3.03. The lowest BCUT2D eigenvalue weighted by molar-refractivity contribution is 0.0940. The Kier molecular flexibility index (Phi) is 3.19. The molecule has 17 heavy (non-hydrogen) atoms. The molecule has 1 aromatic carbocycles. The van der Waals surface area contributed by atoms with Crippen LogP contribution < -0.4 is 20.5 Å². The van der Waals surface area contributed by atoms with E-state index in [-0.39, 0.29) is 11.8 Å². The molecule has 1 amide bonds. The van der Waals surface area contributed by atoms with Gasteiger partial charge in [0.15, 0.2) is 11.5 Å². The van der Waals surface area contributed by atoms with E-state index in [4.69, 9.17) is 15.2 Å². The third-order valence-corrected chi connectivity index (χ3v) is 3.03. The fraction of sp³-hybridized carbons (Fsp3) is 0.417. The van der Waals surface area contributed by atoms with Gasteiger partial charge in [-0.25, -0.2) is 0 Å². The van der Waals surface area contributed by atoms with Gasteiger partial charge in [-0.05, 0) is 17.7 Å². The van der Waals surface area contributed by atoms with Crippen LogP contribution in [-0.2, 0) is 0 Å². The van der Waals surface area contributed by atoms with Crippen LogP contribution in [0.4, 0.5) is 0 Å². The molecule has 0 radical (unpaired) electrons. The molecule has 0 saturated carbocycles. The van der Waals surface area contributed by atoms with Crippen molar-refractivity contribution in [3.05, 3.63) is 23.3 Å². The average Bonchev–Trinajstić information content (AvgIpc) is 2.38. The van der Waals surface area contributed by atoms with Gasteiger partial charge in [0.2, 0.25) is 0 Å². The molecular formula is C12H16N2O3. The highest BCUT2D eigenvalue weighted by atomic mass is 16.5. The third kappa shape index (κ3) is 1.93. The zero-order valence-electron chi connectivity index (χ0n) is 9.95. The van der Waals surface area contributed by atoms with E-state index in [2.05, 4.69) is 5.32 Å². The molecule has 5 nitrogen and oxygen atoms in total. The normalized spacial score (nSPS) is 18.3. The zero-order valence-corrected chi connectivity index (χ0v) is 9.95. The summed E-state index contributed by atoms with van der Waals surface area (Å²) in [4.78, 5) is 11.8. The van der Waals surface area contributed by atoms with Crippen LogP contribution in [0.2, 0.25) is 0 Å². The molecule has 5 heteroatoms. The number of benzene rings is 1. The fourth-order valence-corrected chi connectivity index (χ4v) is 2.06. The Labute approximate surface area is 99.9 Å². The number of carbonyl (C=O) groups excluding carboxylic acids is 1. The summed E-state index contributed by atoms with van der Waals surface area (Å²) in [6, 6.07) is 3.54. The van der Waals surface area contributed by atoms with Crippen molar-refractivity contribution in [1.29, 1.82) is 0 Å². The first kappa shape index (κ1) is 11.7. The smallest absolute Gasteiger partial charge is 0.251 e. The summed E-state index contributed by atoms with van der Waals surface area (Å²) in [7, 11) is 3.12. The minimum Gasteiger partial charge on any atom is -0.493 e. The van der Waals surface area contributed by atoms with E-state index in [0.29, 0.717) is 30.2 Å². The van der Waals surface area contributed by atoms with E-state index in [1.165, 1.54) is 0 Å². The van der Waals surface area contributed by atoms with Crippen molar-refractivity contribution in [1.82, 2.24) is 5.32 Å². The number of fused-ring (bicyclic) bond motifs is 1. The molecule has 3 N–H and O–H groups in total. The van der Waals surface area contributed by atoms with E-state index in [0.717, 1.165) is 5.56 Å². The number of rotatable bonds is 3. The Balaban J connectivity index is 2.56. The maximum Gasteiger partial charge on any atom is 0.251 e. The number of nitrogens with one attached hydrogen (secondary N) is 1. The lowest BCUT2D eigenvalue weighted by Crippen LogP contribution is -2.37. The molecule has 0 saturated heterocycles. The van der Waals surface area contributed by atoms with Crippen molar-refractivity contribution in [3.8, 4) is 11.5 Å². The minimum atomic E-state index is -0.0920. The number of nitrogens with two attached hydrogens (primary N) is 1. The molecule has 0 aromatic heterocycles. The maximum atomic E-state index is 11.8. The summed E-state index contributed by atoms with van der Waals surface area (Å²) in [6.45, 7) is 1.06. The van der Waals surface area contributed by atoms with E-state index in [1.807, 2.05) is 6.07 Å². The van der Waals surface area contributed by atoms with Crippen molar-refractivity contribution < 1.29 is 14.3 Å². The number of hydrogen-bond donors (Lipinski definition) is 2. The van der Waals surface area contributed by atoms with Crippen LogP contribution in [0.3, 0.4) is 0 Å². The van der Waals surface area contributed by atoms with Gasteiger partial charge in [-0.2, -0.15) is 0 Å². The Morgan fingerprint density at radius 1 is 1.35 bits per heavy atom. The summed E-state index contributed by atoms with van der Waals surface area (Å²) < 4.78 is 10.4. The second kappa shape index (κ2) is 4.63. The van der Waals surface area contributed by atoms with Gasteiger partial charge >= 0.3 is 0 Å². The molecule has 0 aliphatic carbocycles. The summed E-state index contributed by atoms with van der Waals surface area (Å²) >= 11 is 0. The van der Waals surface area contributed by atoms with Gasteiger partial charge < -0.3 is 20.5 Å². The van der Waals surface area contributed by atoms with Crippen molar-refractivity contribution in [2.24, 2.45) is 5.73 Å². The predicted molar refractivity (Wildman–Crippen MR) is 63.7 cm³/mol. The van der Waals surface area contributed by atoms with Gasteiger partial charge in [0.25, 0.3) is 5.91 Å². The number of methoxy groups -OCH3 is 2. The minimum absolute atomic E-state index is 0.0920. The van der Waals surface area contributed by atoms with Crippen LogP contribution in [-0.4, -0.2) is 33.2 Å². The lowest BCUT2D eigenvalue weighted by Gasteiger charge is -2.25. The first-order chi connectivity index (χ1) is 8.21. The molecule has 0 fully saturated rings. The number of carbonyl (C=O) groups is 1. The van der Waals surface area contributed by atoms with Gasteiger partial charge in [0.1, 0.15) is 0 Å². The van der Waals surface area contributed by atoms with Crippen molar-refractivity contribution >= 4 is 5.91 Å². The van der Waals surface area contributed by atoms with Gasteiger partial charge in [-0.15, -0.1) is 0 Å². The molecule has 1 heterocycles. The highest BCUT2D eigenvalue weighted by Crippen LogP contribution is 2.35. The molecule has 0 spiro atoms. The molecular weight excluding hydrogens is 220 g/mol. The van der Waals surface area contributed by atoms with Crippen molar-refractivity contribution in [3.63, 3.8) is 0 Å². The quantitative estimate of drug-likeness (QED) is 0.801. The second-order valence-electron chi connectivity index (χ2n) is 3.94. The predicted octanol–water partition coefficient (Wildman–Crippen LogP) is 0.489. The summed E-state index contributed by atoms with van der Waals surface area (Å²) in [5, 5.41) is 2.81. The molecule has 1 aliphatic rings. The van der Waals surface area contributed by atoms with E-state index < -0.39 is 0 Å². The number of hydrogen-bond acceptors (Lipinski definition) is 4. The van der Waals surface area contributed by atoms with Crippen molar-refractivity contribution in [2.45, 2.75) is 5.92 Å². The number of amides is 1. The van der Waals surface area contributed by atoms with Crippen LogP contribution in [0, 0.1) is 0 Å². The molecule has 1 aromatic rings. The second-order valence-corrected chi connectivity index (χ2v) is 3.94. The lowest BCUT2D eigenvalue weighted by atomic mass is 9.90. The molecule has 1 aliphatic heterocycles. The van der Waals surface area contributed by atoms with E-state index in [9.17, 15) is 4.79 Å². The molecule has 2 rings (SSSR count). The molecule has 1 atom stereocenters. The average molecular weight is 236 g/mol. The molecule has 1 unspecified atom stereocenters. The van der Waals surface area contributed by atoms with Crippen LogP contribution in [0.1, 0.15) is 21.8 Å². The Hall–Kier alpha value is -1.75. The van der Waals surface area contributed by atoms with E-state index >= 15 is 0 Å². The number of ether oxygens (including phenoxy) is 2. The van der Waals surface area contributed by atoms with Gasteiger partial charge in [0.05, 0.1) is 14.2 Å². The summed E-state index contributed by atoms with van der Waals surface area (Å²) in [5.74, 6) is 1.21. The first-order valence-electron chi connectivity index (χ1n) is 5.45. The SMILES string of the molecule is COc1cc2c(cc1OC)C(CN)CNC2=O. The highest BCUT2D eigenvalue weighted by Gasteiger charge is 2.26. The topological polar surface area (TPSA) is 73.6 Å². The Bertz CT molecular complexity index is 446. The summed E-state index contributed by atoms with van der Waals surface area (Å²) in [6.07, 6.45) is 0. The summed E-state index contributed by atoms with van der Waals surface area (Å²) in [5.41, 5.74) is 7.24. The van der Waals surface area contributed by atoms with Gasteiger partial charge in [-0.1, -0.05) is 0 Å². The Morgan fingerprint density at radius 2 is 2.00 bits per heavy atom. The Morgan fingerprint density at radius 3 is 2.59 bits per heavy atom. The van der Waals surface area contributed by atoms with Gasteiger partial charge in [-0.3, -0.25) is 4.79 Å². The highest BCUT2D eigenvalue weighted by molar-refractivity contribution is 5.97. The largest absolute Gasteiger partial charge is 0.493 e. The van der Waals surface area contributed by atoms with Crippen molar-refractivity contribution in [2.75, 3.05) is 27.3 Å². The van der Waals surface area contributed by atoms with Gasteiger partial charge in [0, 0.05) is 24.6 Å². The van der Waals surface area contributed by atoms with Crippen LogP contribution in [0.25, 0.3) is 0 Å². The van der Waals surface area contributed by atoms with Crippen LogP contribution in [0.15, 0.2) is 12.1 Å². The standard InChI is InChI=1S/C12H16N2O3/c1-16-10-3-8-7(5-13)6-14-12(15)9(8)4-11(10)17-2/h3-4,7H,5-6,13H2,1-2H3,(H,14,15). The van der Waals surface area contributed by atoms with E-state index in [1.54, 1.807) is 20.3 Å². The van der Waals surface area contributed by atoms with Crippen LogP contribution >= 0.6 is 0 Å². The molecule has 0 bridgehead atoms. The van der Waals surface area contributed by atoms with Crippen LogP contribution in [0.5, 0.6) is 11.5 Å².